The molecule has 0 heterocycles. The average molecular weight is 205 g/mol. The Morgan fingerprint density at radius 1 is 1.47 bits per heavy atom. The van der Waals surface area contributed by atoms with Crippen LogP contribution >= 0.6 is 0 Å². The molecule has 0 fully saturated rings. The van der Waals surface area contributed by atoms with Crippen LogP contribution in [-0.4, -0.2) is 11.2 Å². The van der Waals surface area contributed by atoms with Gasteiger partial charge in [0.2, 0.25) is 5.67 Å². The molecule has 0 spiro atoms. The second kappa shape index (κ2) is 4.72. The third-order valence-electron chi connectivity index (χ3n) is 2.14. The zero-order valence-corrected chi connectivity index (χ0v) is 8.39. The van der Waals surface area contributed by atoms with Crippen LogP contribution in [0.25, 0.3) is 0 Å². The molecule has 1 aromatic carbocycles. The number of allylic oxidation sites excluding steroid dienone is 1. The van der Waals surface area contributed by atoms with Gasteiger partial charge in [-0.2, -0.15) is 5.26 Å². The van der Waals surface area contributed by atoms with Gasteiger partial charge in [-0.15, -0.1) is 0 Å². The van der Waals surface area contributed by atoms with Crippen LogP contribution in [0.3, 0.4) is 0 Å². The van der Waals surface area contributed by atoms with Gasteiger partial charge in [0.05, 0.1) is 0 Å². The molecular formula is C12H12FNO. The van der Waals surface area contributed by atoms with Crippen LogP contribution in [0.5, 0.6) is 0 Å². The van der Waals surface area contributed by atoms with E-state index in [1.807, 2.05) is 0 Å². The number of alkyl halides is 1. The monoisotopic (exact) mass is 205 g/mol. The van der Waals surface area contributed by atoms with Crippen molar-refractivity contribution in [3.8, 4) is 6.07 Å². The van der Waals surface area contributed by atoms with Crippen molar-refractivity contribution in [3.05, 3.63) is 48.0 Å². The van der Waals surface area contributed by atoms with Crippen LogP contribution in [0.15, 0.2) is 42.5 Å². The van der Waals surface area contributed by atoms with Crippen LogP contribution < -0.4 is 0 Å². The van der Waals surface area contributed by atoms with Crippen LogP contribution in [-0.2, 0) is 5.67 Å². The van der Waals surface area contributed by atoms with Gasteiger partial charge in [-0.05, 0) is 6.92 Å². The molecule has 0 saturated carbocycles. The molecule has 15 heavy (non-hydrogen) atoms. The number of aliphatic hydroxyl groups excluding tert-OH is 1. The summed E-state index contributed by atoms with van der Waals surface area (Å²) in [6, 6.07) is 9.46. The quantitative estimate of drug-likeness (QED) is 0.769. The Bertz CT molecular complexity index is 382. The first kappa shape index (κ1) is 11.4. The summed E-state index contributed by atoms with van der Waals surface area (Å²) in [5.41, 5.74) is -2.22. The Balaban J connectivity index is 3.12. The molecule has 0 aliphatic rings. The molecule has 2 atom stereocenters. The fourth-order valence-electron chi connectivity index (χ4n) is 1.30. The number of nitrogens with zero attached hydrogens (tertiary/aromatic N) is 1. The molecule has 0 radical (unpaired) electrons. The average Bonchev–Trinajstić information content (AvgIpc) is 2.29. The van der Waals surface area contributed by atoms with Crippen LogP contribution in [0.2, 0.25) is 0 Å². The molecule has 0 bridgehead atoms. The molecule has 0 amide bonds. The summed E-state index contributed by atoms with van der Waals surface area (Å²) in [7, 11) is 0. The third kappa shape index (κ3) is 2.23. The minimum atomic E-state index is -2.38. The van der Waals surface area contributed by atoms with Gasteiger partial charge < -0.3 is 5.11 Å². The molecule has 1 N–H and O–H groups in total. The largest absolute Gasteiger partial charge is 0.384 e. The van der Waals surface area contributed by atoms with E-state index in [1.165, 1.54) is 30.4 Å². The minimum absolute atomic E-state index is 0.165. The van der Waals surface area contributed by atoms with Gasteiger partial charge in [-0.1, -0.05) is 42.5 Å². The van der Waals surface area contributed by atoms with Gasteiger partial charge in [0.25, 0.3) is 0 Å². The van der Waals surface area contributed by atoms with Crippen molar-refractivity contribution in [3.63, 3.8) is 0 Å². The fraction of sp³-hybridized carbons (Fsp3) is 0.250. The van der Waals surface area contributed by atoms with E-state index in [-0.39, 0.29) is 5.56 Å². The minimum Gasteiger partial charge on any atom is -0.384 e. The van der Waals surface area contributed by atoms with Crippen molar-refractivity contribution in [1.29, 1.82) is 5.26 Å². The van der Waals surface area contributed by atoms with Crippen molar-refractivity contribution in [2.45, 2.75) is 18.7 Å². The Kier molecular flexibility index (Phi) is 3.59. The Morgan fingerprint density at radius 2 is 2.07 bits per heavy atom. The van der Waals surface area contributed by atoms with E-state index >= 15 is 0 Å². The first-order valence-electron chi connectivity index (χ1n) is 4.61. The van der Waals surface area contributed by atoms with E-state index in [0.29, 0.717) is 0 Å². The maximum Gasteiger partial charge on any atom is 0.250 e. The number of benzene rings is 1. The highest BCUT2D eigenvalue weighted by molar-refractivity contribution is 5.32. The Hall–Kier alpha value is -1.66. The van der Waals surface area contributed by atoms with Crippen LogP contribution in [0.1, 0.15) is 12.5 Å². The van der Waals surface area contributed by atoms with E-state index in [1.54, 1.807) is 25.1 Å². The standard InChI is InChI=1S/C12H12FNO/c1-2-6-11(15)12(13,9-14)10-7-4-3-5-8-10/h2-8,11,15H,1H3/b6-2+. The number of nitriles is 1. The molecule has 78 valence electrons. The number of halogens is 1. The maximum absolute atomic E-state index is 14.2. The van der Waals surface area contributed by atoms with Gasteiger partial charge in [-0.25, -0.2) is 4.39 Å². The summed E-state index contributed by atoms with van der Waals surface area (Å²) >= 11 is 0. The fourth-order valence-corrected chi connectivity index (χ4v) is 1.30. The number of hydrogen-bond acceptors (Lipinski definition) is 2. The molecule has 2 unspecified atom stereocenters. The van der Waals surface area contributed by atoms with Gasteiger partial charge in [-0.3, -0.25) is 0 Å². The van der Waals surface area contributed by atoms with Crippen molar-refractivity contribution in [2.75, 3.05) is 0 Å². The highest BCUT2D eigenvalue weighted by Crippen LogP contribution is 2.29. The van der Waals surface area contributed by atoms with E-state index in [4.69, 9.17) is 5.26 Å². The maximum atomic E-state index is 14.2. The molecule has 0 aromatic heterocycles. The first-order valence-corrected chi connectivity index (χ1v) is 4.61. The van der Waals surface area contributed by atoms with E-state index in [2.05, 4.69) is 0 Å². The second-order valence-corrected chi connectivity index (χ2v) is 3.16. The van der Waals surface area contributed by atoms with Gasteiger partial charge in [0.1, 0.15) is 12.2 Å². The lowest BCUT2D eigenvalue weighted by atomic mass is 9.91. The summed E-state index contributed by atoms with van der Waals surface area (Å²) in [5, 5.41) is 18.4. The molecule has 0 aliphatic heterocycles. The Morgan fingerprint density at radius 3 is 2.53 bits per heavy atom. The van der Waals surface area contributed by atoms with Crippen molar-refractivity contribution in [1.82, 2.24) is 0 Å². The van der Waals surface area contributed by atoms with Gasteiger partial charge in [0.15, 0.2) is 0 Å². The lowest BCUT2D eigenvalue weighted by molar-refractivity contribution is 0.0627. The molecular weight excluding hydrogens is 193 g/mol. The molecule has 1 rings (SSSR count). The Labute approximate surface area is 88.3 Å². The van der Waals surface area contributed by atoms with Crippen molar-refractivity contribution in [2.24, 2.45) is 0 Å². The van der Waals surface area contributed by atoms with E-state index < -0.39 is 11.8 Å². The number of hydrogen-bond donors (Lipinski definition) is 1. The van der Waals surface area contributed by atoms with E-state index in [9.17, 15) is 9.50 Å². The summed E-state index contributed by atoms with van der Waals surface area (Å²) < 4.78 is 14.2. The second-order valence-electron chi connectivity index (χ2n) is 3.16. The van der Waals surface area contributed by atoms with Gasteiger partial charge >= 0.3 is 0 Å². The third-order valence-corrected chi connectivity index (χ3v) is 2.14. The zero-order chi connectivity index (χ0) is 11.3. The van der Waals surface area contributed by atoms with Gasteiger partial charge in [0, 0.05) is 5.56 Å². The first-order chi connectivity index (χ1) is 7.15. The summed E-state index contributed by atoms with van der Waals surface area (Å²) in [6.45, 7) is 1.66. The molecule has 3 heteroatoms. The molecule has 2 nitrogen and oxygen atoms in total. The van der Waals surface area contributed by atoms with Crippen LogP contribution in [0, 0.1) is 11.3 Å². The number of rotatable bonds is 3. The molecule has 1 aromatic rings. The smallest absolute Gasteiger partial charge is 0.250 e. The van der Waals surface area contributed by atoms with Crippen molar-refractivity contribution < 1.29 is 9.50 Å². The summed E-state index contributed by atoms with van der Waals surface area (Å²) in [5.74, 6) is 0. The highest BCUT2D eigenvalue weighted by atomic mass is 19.1. The van der Waals surface area contributed by atoms with E-state index in [0.717, 1.165) is 0 Å². The predicted octanol–water partition coefficient (Wildman–Crippen LogP) is 2.31. The predicted molar refractivity (Wildman–Crippen MR) is 55.7 cm³/mol. The lowest BCUT2D eigenvalue weighted by Gasteiger charge is -2.21. The van der Waals surface area contributed by atoms with Crippen LogP contribution in [0.4, 0.5) is 4.39 Å². The molecule has 0 aliphatic carbocycles. The normalized spacial score (nSPS) is 16.9. The van der Waals surface area contributed by atoms with Crippen molar-refractivity contribution >= 4 is 0 Å². The zero-order valence-electron chi connectivity index (χ0n) is 8.39. The number of aliphatic hydroxyl groups is 1. The summed E-state index contributed by atoms with van der Waals surface area (Å²) in [6.07, 6.45) is 1.32. The highest BCUT2D eigenvalue weighted by Gasteiger charge is 2.38. The SMILES string of the molecule is C/C=C/C(O)C(F)(C#N)c1ccccc1. The molecule has 0 saturated heterocycles. The lowest BCUT2D eigenvalue weighted by Crippen LogP contribution is -2.32. The topological polar surface area (TPSA) is 44.0 Å². The summed E-state index contributed by atoms with van der Waals surface area (Å²) in [4.78, 5) is 0.